The molecule has 0 fully saturated rings. The average Bonchev–Trinajstić information content (AvgIpc) is 2.79. The lowest BCUT2D eigenvalue weighted by atomic mass is 10.2. The topological polar surface area (TPSA) is 63.6 Å². The molecule has 106 valence electrons. The summed E-state index contributed by atoms with van der Waals surface area (Å²) in [5.41, 5.74) is 1.88. The first kappa shape index (κ1) is 13.2. The van der Waals surface area contributed by atoms with Crippen molar-refractivity contribution in [3.8, 4) is 17.2 Å². The Labute approximate surface area is 120 Å². The van der Waals surface area contributed by atoms with Gasteiger partial charge in [-0.3, -0.25) is 0 Å². The largest absolute Gasteiger partial charge is 0.349 e. The number of aryl methyl sites for hydroxylation is 2. The highest BCUT2D eigenvalue weighted by Gasteiger charge is 2.14. The molecular weight excluding hydrogens is 271 g/mol. The molecule has 0 spiro atoms. The molecule has 3 aromatic rings. The van der Waals surface area contributed by atoms with Crippen LogP contribution in [-0.4, -0.2) is 19.7 Å². The van der Waals surface area contributed by atoms with Gasteiger partial charge in [-0.2, -0.15) is 5.10 Å². The third kappa shape index (κ3) is 2.47. The minimum Gasteiger partial charge on any atom is -0.246 e. The molecule has 0 saturated heterocycles. The lowest BCUT2D eigenvalue weighted by Crippen LogP contribution is -2.17. The smallest absolute Gasteiger partial charge is 0.246 e. The van der Waals surface area contributed by atoms with E-state index in [1.165, 1.54) is 16.7 Å². The molecule has 2 aromatic heterocycles. The molecule has 21 heavy (non-hydrogen) atoms. The van der Waals surface area contributed by atoms with Crippen LogP contribution in [0.1, 0.15) is 11.3 Å². The van der Waals surface area contributed by atoms with E-state index < -0.39 is 5.69 Å². The summed E-state index contributed by atoms with van der Waals surface area (Å²) in [4.78, 5) is 16.4. The van der Waals surface area contributed by atoms with Crippen LogP contribution in [0.2, 0.25) is 0 Å². The minimum absolute atomic E-state index is 0.331. The van der Waals surface area contributed by atoms with E-state index in [4.69, 9.17) is 0 Å². The van der Waals surface area contributed by atoms with E-state index in [2.05, 4.69) is 15.2 Å². The highest BCUT2D eigenvalue weighted by molar-refractivity contribution is 5.57. The zero-order chi connectivity index (χ0) is 15.0. The van der Waals surface area contributed by atoms with Crippen molar-refractivity contribution in [1.82, 2.24) is 19.7 Å². The predicted octanol–water partition coefficient (Wildman–Crippen LogP) is 2.38. The van der Waals surface area contributed by atoms with E-state index in [-0.39, 0.29) is 5.82 Å². The lowest BCUT2D eigenvalue weighted by Gasteiger charge is -2.07. The Morgan fingerprint density at radius 2 is 2.00 bits per heavy atom. The van der Waals surface area contributed by atoms with Crippen LogP contribution in [0.5, 0.6) is 0 Å². The van der Waals surface area contributed by atoms with E-state index in [1.807, 2.05) is 19.9 Å². The van der Waals surface area contributed by atoms with Gasteiger partial charge in [0.2, 0.25) is 0 Å². The molecule has 3 rings (SSSR count). The zero-order valence-electron chi connectivity index (χ0n) is 11.6. The van der Waals surface area contributed by atoms with Gasteiger partial charge in [-0.05, 0) is 43.7 Å². The van der Waals surface area contributed by atoms with Crippen molar-refractivity contribution >= 4 is 0 Å². The maximum absolute atomic E-state index is 13.4. The summed E-state index contributed by atoms with van der Waals surface area (Å²) in [6.45, 7) is 3.77. The van der Waals surface area contributed by atoms with Crippen molar-refractivity contribution in [3.63, 3.8) is 0 Å². The Bertz CT molecular complexity index is 846. The molecular formula is C15H13FN4O. The Morgan fingerprint density at radius 1 is 1.19 bits per heavy atom. The van der Waals surface area contributed by atoms with Crippen LogP contribution in [0.4, 0.5) is 4.39 Å². The second-order valence-corrected chi connectivity index (χ2v) is 4.84. The Hall–Kier alpha value is -2.76. The van der Waals surface area contributed by atoms with Crippen LogP contribution in [-0.2, 0) is 0 Å². The number of pyridine rings is 1. The molecule has 0 amide bonds. The summed E-state index contributed by atoms with van der Waals surface area (Å²) in [5.74, 6) is 0.408. The first-order chi connectivity index (χ1) is 10.0. The molecule has 0 bridgehead atoms. The van der Waals surface area contributed by atoms with Gasteiger partial charge < -0.3 is 0 Å². The van der Waals surface area contributed by atoms with Gasteiger partial charge in [0, 0.05) is 11.3 Å². The molecule has 1 aromatic carbocycles. The van der Waals surface area contributed by atoms with Gasteiger partial charge in [0.25, 0.3) is 0 Å². The number of hydrogen-bond acceptors (Lipinski definition) is 3. The molecule has 5 nitrogen and oxygen atoms in total. The van der Waals surface area contributed by atoms with Gasteiger partial charge in [-0.15, -0.1) is 0 Å². The van der Waals surface area contributed by atoms with Crippen molar-refractivity contribution in [1.29, 1.82) is 0 Å². The quantitative estimate of drug-likeness (QED) is 0.785. The zero-order valence-corrected chi connectivity index (χ0v) is 11.6. The first-order valence-corrected chi connectivity index (χ1v) is 6.43. The fraction of sp³-hybridized carbons (Fsp3) is 0.133. The van der Waals surface area contributed by atoms with Gasteiger partial charge in [-0.25, -0.2) is 23.8 Å². The van der Waals surface area contributed by atoms with E-state index in [0.29, 0.717) is 17.2 Å². The second kappa shape index (κ2) is 4.97. The van der Waals surface area contributed by atoms with Crippen molar-refractivity contribution in [2.75, 3.05) is 0 Å². The fourth-order valence-electron chi connectivity index (χ4n) is 2.27. The maximum Gasteiger partial charge on any atom is 0.349 e. The molecule has 0 aliphatic carbocycles. The van der Waals surface area contributed by atoms with Gasteiger partial charge >= 0.3 is 5.69 Å². The van der Waals surface area contributed by atoms with Crippen molar-refractivity contribution < 1.29 is 4.39 Å². The Balaban J connectivity index is 2.24. The van der Waals surface area contributed by atoms with E-state index >= 15 is 0 Å². The molecule has 0 unspecified atom stereocenters. The molecule has 0 saturated carbocycles. The van der Waals surface area contributed by atoms with E-state index in [1.54, 1.807) is 18.2 Å². The monoisotopic (exact) mass is 284 g/mol. The van der Waals surface area contributed by atoms with Crippen LogP contribution in [0.15, 0.2) is 41.2 Å². The standard InChI is InChI=1S/C15H13FN4O/c1-9-6-10(2)17-13(7-9)20-14(18-19-15(20)21)11-4-3-5-12(16)8-11/h3-8H,1-2H3,(H,19,21). The lowest BCUT2D eigenvalue weighted by molar-refractivity contribution is 0.628. The number of aromatic amines is 1. The third-order valence-electron chi connectivity index (χ3n) is 3.07. The summed E-state index contributed by atoms with van der Waals surface area (Å²) in [6.07, 6.45) is 0. The van der Waals surface area contributed by atoms with Gasteiger partial charge in [0.05, 0.1) is 0 Å². The van der Waals surface area contributed by atoms with Gasteiger partial charge in [0.1, 0.15) is 11.6 Å². The molecule has 1 N–H and O–H groups in total. The number of aromatic nitrogens is 4. The third-order valence-corrected chi connectivity index (χ3v) is 3.07. The van der Waals surface area contributed by atoms with Crippen LogP contribution >= 0.6 is 0 Å². The molecule has 2 heterocycles. The average molecular weight is 284 g/mol. The SMILES string of the molecule is Cc1cc(C)nc(-n2c(-c3cccc(F)c3)n[nH]c2=O)c1. The van der Waals surface area contributed by atoms with E-state index in [0.717, 1.165) is 11.3 Å². The molecule has 0 atom stereocenters. The summed E-state index contributed by atoms with van der Waals surface area (Å²) in [7, 11) is 0. The highest BCUT2D eigenvalue weighted by atomic mass is 19.1. The first-order valence-electron chi connectivity index (χ1n) is 6.43. The molecule has 0 aliphatic rings. The van der Waals surface area contributed by atoms with E-state index in [9.17, 15) is 9.18 Å². The summed E-state index contributed by atoms with van der Waals surface area (Å²) >= 11 is 0. The Kier molecular flexibility index (Phi) is 3.13. The normalized spacial score (nSPS) is 10.8. The van der Waals surface area contributed by atoms with Crippen molar-refractivity contribution in [3.05, 3.63) is 64.0 Å². The predicted molar refractivity (Wildman–Crippen MR) is 76.8 cm³/mol. The van der Waals surface area contributed by atoms with Crippen LogP contribution in [0, 0.1) is 19.7 Å². The molecule has 6 heteroatoms. The number of benzene rings is 1. The number of nitrogens with zero attached hydrogens (tertiary/aromatic N) is 3. The molecule has 0 radical (unpaired) electrons. The number of halogens is 1. The summed E-state index contributed by atoms with van der Waals surface area (Å²) < 4.78 is 14.7. The van der Waals surface area contributed by atoms with Gasteiger partial charge in [-0.1, -0.05) is 12.1 Å². The highest BCUT2D eigenvalue weighted by Crippen LogP contribution is 2.19. The van der Waals surface area contributed by atoms with Crippen LogP contribution < -0.4 is 5.69 Å². The van der Waals surface area contributed by atoms with Crippen molar-refractivity contribution in [2.45, 2.75) is 13.8 Å². The number of rotatable bonds is 2. The van der Waals surface area contributed by atoms with Crippen molar-refractivity contribution in [2.24, 2.45) is 0 Å². The molecule has 0 aliphatic heterocycles. The Morgan fingerprint density at radius 3 is 2.71 bits per heavy atom. The fourth-order valence-corrected chi connectivity index (χ4v) is 2.27. The van der Waals surface area contributed by atoms with Gasteiger partial charge in [0.15, 0.2) is 5.82 Å². The van der Waals surface area contributed by atoms with Crippen LogP contribution in [0.25, 0.3) is 17.2 Å². The summed E-state index contributed by atoms with van der Waals surface area (Å²) in [5, 5.41) is 6.37. The maximum atomic E-state index is 13.4. The second-order valence-electron chi connectivity index (χ2n) is 4.84. The van der Waals surface area contributed by atoms with Crippen LogP contribution in [0.3, 0.4) is 0 Å². The number of H-pyrrole nitrogens is 1. The minimum atomic E-state index is -0.410. The summed E-state index contributed by atoms with van der Waals surface area (Å²) in [6, 6.07) is 9.63. The number of nitrogens with one attached hydrogen (secondary N) is 1. The number of hydrogen-bond donors (Lipinski definition) is 1.